The molecule has 5 nitrogen and oxygen atoms in total. The first-order valence-electron chi connectivity index (χ1n) is 8.63. The third kappa shape index (κ3) is 7.46. The van der Waals surface area contributed by atoms with Crippen LogP contribution in [0.1, 0.15) is 77.0 Å². The second kappa shape index (κ2) is 11.5. The lowest BCUT2D eigenvalue weighted by atomic mass is 10.1. The summed E-state index contributed by atoms with van der Waals surface area (Å²) in [5.74, 6) is 0.927. The van der Waals surface area contributed by atoms with Gasteiger partial charge in [0.2, 0.25) is 0 Å². The number of nitrogens with one attached hydrogen (secondary N) is 1. The Morgan fingerprint density at radius 2 is 1.62 bits per heavy atom. The molecule has 1 aromatic heterocycles. The van der Waals surface area contributed by atoms with Crippen LogP contribution < -0.4 is 11.4 Å². The topological polar surface area (TPSA) is 76.7 Å². The third-order valence-corrected chi connectivity index (χ3v) is 3.93. The molecule has 0 fully saturated rings. The number of unbranched alkanes of at least 4 members (excludes halogenated alkanes) is 8. The minimum atomic E-state index is -0.0571. The summed E-state index contributed by atoms with van der Waals surface area (Å²) in [6.07, 6.45) is 13.1. The maximum absolute atomic E-state index is 11.6. The second-order valence-corrected chi connectivity index (χ2v) is 5.82. The van der Waals surface area contributed by atoms with Crippen molar-refractivity contribution >= 4 is 0 Å². The lowest BCUT2D eigenvalue weighted by Gasteiger charge is -2.05. The summed E-state index contributed by atoms with van der Waals surface area (Å²) in [5.41, 5.74) is 5.42. The maximum Gasteiger partial charge on any atom is 0.343 e. The number of nitrogens with two attached hydrogens (primary N) is 1. The first kappa shape index (κ1) is 18.0. The molecule has 122 valence electrons. The highest BCUT2D eigenvalue weighted by Gasteiger charge is 2.06. The van der Waals surface area contributed by atoms with Crippen LogP contribution in [-0.2, 0) is 13.0 Å². The molecule has 0 aromatic carbocycles. The maximum atomic E-state index is 11.6. The summed E-state index contributed by atoms with van der Waals surface area (Å²) in [4.78, 5) is 11.6. The molecule has 0 aliphatic rings. The van der Waals surface area contributed by atoms with E-state index in [4.69, 9.17) is 5.73 Å². The zero-order valence-electron chi connectivity index (χ0n) is 13.6. The van der Waals surface area contributed by atoms with E-state index in [-0.39, 0.29) is 5.69 Å². The third-order valence-electron chi connectivity index (χ3n) is 3.93. The Kier molecular flexibility index (Phi) is 9.87. The van der Waals surface area contributed by atoms with Crippen LogP contribution in [-0.4, -0.2) is 21.3 Å². The number of aromatic amines is 1. The summed E-state index contributed by atoms with van der Waals surface area (Å²) in [7, 11) is 0. The molecule has 3 N–H and O–H groups in total. The number of hydrogen-bond donors (Lipinski definition) is 2. The van der Waals surface area contributed by atoms with E-state index in [9.17, 15) is 4.79 Å². The van der Waals surface area contributed by atoms with Crippen LogP contribution in [0.2, 0.25) is 0 Å². The average Bonchev–Trinajstić information content (AvgIpc) is 2.84. The van der Waals surface area contributed by atoms with Gasteiger partial charge in [0.05, 0.1) is 0 Å². The number of hydrogen-bond acceptors (Lipinski definition) is 3. The SMILES string of the molecule is CCCCn1c(CCCCCCCCCCN)n[nH]c1=O. The van der Waals surface area contributed by atoms with Gasteiger partial charge in [-0.05, 0) is 25.8 Å². The van der Waals surface area contributed by atoms with Crippen molar-refractivity contribution in [1.29, 1.82) is 0 Å². The Balaban J connectivity index is 2.11. The lowest BCUT2D eigenvalue weighted by Crippen LogP contribution is -2.19. The van der Waals surface area contributed by atoms with Crippen molar-refractivity contribution in [2.75, 3.05) is 6.54 Å². The molecule has 0 saturated carbocycles. The second-order valence-electron chi connectivity index (χ2n) is 5.82. The fraction of sp³-hybridized carbons (Fsp3) is 0.875. The predicted octanol–water partition coefficient (Wildman–Crippen LogP) is 2.99. The van der Waals surface area contributed by atoms with Gasteiger partial charge in [0.15, 0.2) is 0 Å². The van der Waals surface area contributed by atoms with Crippen molar-refractivity contribution in [1.82, 2.24) is 14.8 Å². The highest BCUT2D eigenvalue weighted by atomic mass is 16.1. The Labute approximate surface area is 128 Å². The van der Waals surface area contributed by atoms with E-state index in [1.165, 1.54) is 38.5 Å². The normalized spacial score (nSPS) is 11.1. The van der Waals surface area contributed by atoms with Gasteiger partial charge in [-0.2, -0.15) is 5.10 Å². The summed E-state index contributed by atoms with van der Waals surface area (Å²) in [6.45, 7) is 3.75. The minimum absolute atomic E-state index is 0.0571. The molecule has 0 aliphatic heterocycles. The molecule has 0 radical (unpaired) electrons. The van der Waals surface area contributed by atoms with Gasteiger partial charge in [-0.3, -0.25) is 4.57 Å². The number of aromatic nitrogens is 3. The van der Waals surface area contributed by atoms with E-state index in [0.29, 0.717) is 0 Å². The summed E-state index contributed by atoms with van der Waals surface area (Å²) in [6, 6.07) is 0. The van der Waals surface area contributed by atoms with Crippen molar-refractivity contribution in [3.05, 3.63) is 16.3 Å². The molecule has 21 heavy (non-hydrogen) atoms. The van der Waals surface area contributed by atoms with Crippen LogP contribution in [0.25, 0.3) is 0 Å². The number of rotatable bonds is 13. The Morgan fingerprint density at radius 3 is 2.24 bits per heavy atom. The number of aryl methyl sites for hydroxylation is 1. The highest BCUT2D eigenvalue weighted by Crippen LogP contribution is 2.10. The fourth-order valence-electron chi connectivity index (χ4n) is 2.58. The smallest absolute Gasteiger partial charge is 0.330 e. The minimum Gasteiger partial charge on any atom is -0.330 e. The summed E-state index contributed by atoms with van der Waals surface area (Å²) < 4.78 is 1.80. The van der Waals surface area contributed by atoms with E-state index in [1.807, 2.05) is 0 Å². The average molecular weight is 296 g/mol. The summed E-state index contributed by atoms with van der Waals surface area (Å²) >= 11 is 0. The molecule has 1 rings (SSSR count). The van der Waals surface area contributed by atoms with Crippen LogP contribution in [0.15, 0.2) is 4.79 Å². The first-order chi connectivity index (χ1) is 10.3. The van der Waals surface area contributed by atoms with Crippen molar-refractivity contribution in [3.8, 4) is 0 Å². The van der Waals surface area contributed by atoms with E-state index >= 15 is 0 Å². The van der Waals surface area contributed by atoms with Gasteiger partial charge >= 0.3 is 5.69 Å². The highest BCUT2D eigenvalue weighted by molar-refractivity contribution is 4.86. The number of nitrogens with zero attached hydrogens (tertiary/aromatic N) is 2. The molecule has 5 heteroatoms. The van der Waals surface area contributed by atoms with Crippen molar-refractivity contribution < 1.29 is 0 Å². The van der Waals surface area contributed by atoms with E-state index in [2.05, 4.69) is 17.1 Å². The molecule has 1 aromatic rings. The molecule has 0 amide bonds. The van der Waals surface area contributed by atoms with Crippen LogP contribution in [0.3, 0.4) is 0 Å². The van der Waals surface area contributed by atoms with Gasteiger partial charge in [0.25, 0.3) is 0 Å². The zero-order chi connectivity index (χ0) is 15.3. The van der Waals surface area contributed by atoms with Crippen LogP contribution >= 0.6 is 0 Å². The predicted molar refractivity (Wildman–Crippen MR) is 87.5 cm³/mol. The van der Waals surface area contributed by atoms with Crippen molar-refractivity contribution in [2.45, 2.75) is 84.1 Å². The molecule has 0 spiro atoms. The van der Waals surface area contributed by atoms with E-state index in [1.54, 1.807) is 4.57 Å². The first-order valence-corrected chi connectivity index (χ1v) is 8.63. The van der Waals surface area contributed by atoms with E-state index in [0.717, 1.165) is 51.0 Å². The quantitative estimate of drug-likeness (QED) is 0.549. The standard InChI is InChI=1S/C16H32N4O/c1-2-3-14-20-15(18-19-16(20)21)12-10-8-6-4-5-7-9-11-13-17/h2-14,17H2,1H3,(H,19,21). The molecule has 0 aliphatic carbocycles. The van der Waals surface area contributed by atoms with Crippen LogP contribution in [0, 0.1) is 0 Å². The monoisotopic (exact) mass is 296 g/mol. The van der Waals surface area contributed by atoms with E-state index < -0.39 is 0 Å². The molecule has 1 heterocycles. The van der Waals surface area contributed by atoms with Gasteiger partial charge in [-0.15, -0.1) is 0 Å². The largest absolute Gasteiger partial charge is 0.343 e. The van der Waals surface area contributed by atoms with Crippen molar-refractivity contribution in [3.63, 3.8) is 0 Å². The summed E-state index contributed by atoms with van der Waals surface area (Å²) in [5, 5.41) is 6.72. The number of H-pyrrole nitrogens is 1. The van der Waals surface area contributed by atoms with Gasteiger partial charge < -0.3 is 5.73 Å². The molecule has 0 unspecified atom stereocenters. The fourth-order valence-corrected chi connectivity index (χ4v) is 2.58. The Morgan fingerprint density at radius 1 is 1.00 bits per heavy atom. The molecule has 0 bridgehead atoms. The van der Waals surface area contributed by atoms with Gasteiger partial charge in [-0.1, -0.05) is 51.9 Å². The molecular formula is C16H32N4O. The lowest BCUT2D eigenvalue weighted by molar-refractivity contribution is 0.548. The van der Waals surface area contributed by atoms with Crippen LogP contribution in [0.5, 0.6) is 0 Å². The molecule has 0 saturated heterocycles. The van der Waals surface area contributed by atoms with Gasteiger partial charge in [0, 0.05) is 13.0 Å². The van der Waals surface area contributed by atoms with Gasteiger partial charge in [0.1, 0.15) is 5.82 Å². The van der Waals surface area contributed by atoms with Gasteiger partial charge in [-0.25, -0.2) is 9.89 Å². The Hall–Kier alpha value is -1.10. The molecule has 0 atom stereocenters. The van der Waals surface area contributed by atoms with Crippen molar-refractivity contribution in [2.24, 2.45) is 5.73 Å². The zero-order valence-corrected chi connectivity index (χ0v) is 13.6. The van der Waals surface area contributed by atoms with Crippen LogP contribution in [0.4, 0.5) is 0 Å². The Bertz CT molecular complexity index is 411. The molecular weight excluding hydrogens is 264 g/mol.